The van der Waals surface area contributed by atoms with Gasteiger partial charge in [0.1, 0.15) is 0 Å². The summed E-state index contributed by atoms with van der Waals surface area (Å²) in [6.07, 6.45) is 6.26. The van der Waals surface area contributed by atoms with E-state index in [1.165, 1.54) is 0 Å². The molecule has 4 aliphatic carbocycles. The van der Waals surface area contributed by atoms with Gasteiger partial charge in [-0.3, -0.25) is 14.4 Å². The molecule has 3 N–H and O–H groups in total. The Bertz CT molecular complexity index is 984. The number of aliphatic carboxylic acids is 3. The molecule has 0 heterocycles. The number of hydrogen-bond donors (Lipinski definition) is 3. The summed E-state index contributed by atoms with van der Waals surface area (Å²) < 4.78 is 0. The molecule has 0 spiro atoms. The van der Waals surface area contributed by atoms with Crippen molar-refractivity contribution in [1.29, 1.82) is 0 Å². The highest BCUT2D eigenvalue weighted by atomic mass is 16.4. The van der Waals surface area contributed by atoms with E-state index in [9.17, 15) is 29.7 Å². The Morgan fingerprint density at radius 3 is 2.06 bits per heavy atom. The monoisotopic (exact) mass is 502 g/mol. The minimum Gasteiger partial charge on any atom is -0.481 e. The van der Waals surface area contributed by atoms with E-state index in [1.54, 1.807) is 13.8 Å². The van der Waals surface area contributed by atoms with Crippen LogP contribution in [0.4, 0.5) is 0 Å². The molecule has 0 radical (unpaired) electrons. The van der Waals surface area contributed by atoms with E-state index in [4.69, 9.17) is 0 Å². The van der Waals surface area contributed by atoms with E-state index in [-0.39, 0.29) is 46.8 Å². The van der Waals surface area contributed by atoms with Gasteiger partial charge in [-0.1, -0.05) is 32.9 Å². The fourth-order valence-electron chi connectivity index (χ4n) is 10.8. The Kier molecular flexibility index (Phi) is 6.29. The molecule has 6 heteroatoms. The molecule has 0 aliphatic heterocycles. The lowest BCUT2D eigenvalue weighted by Crippen LogP contribution is -2.66. The Morgan fingerprint density at radius 2 is 1.53 bits per heavy atom. The van der Waals surface area contributed by atoms with Crippen LogP contribution in [0.3, 0.4) is 0 Å². The Labute approximate surface area is 215 Å². The van der Waals surface area contributed by atoms with Crippen molar-refractivity contribution in [2.75, 3.05) is 0 Å². The van der Waals surface area contributed by atoms with Crippen molar-refractivity contribution < 1.29 is 29.7 Å². The third-order valence-corrected chi connectivity index (χ3v) is 12.7. The number of fused-ring (bicyclic) bond motifs is 5. The maximum atomic E-state index is 12.8. The zero-order valence-electron chi connectivity index (χ0n) is 23.0. The van der Waals surface area contributed by atoms with Gasteiger partial charge in [0, 0.05) is 0 Å². The summed E-state index contributed by atoms with van der Waals surface area (Å²) in [7, 11) is 0. The predicted octanol–water partition coefficient (Wildman–Crippen LogP) is 6.49. The van der Waals surface area contributed by atoms with Crippen molar-refractivity contribution in [3.8, 4) is 0 Å². The molecule has 0 aromatic rings. The molecule has 4 rings (SSSR count). The Balaban J connectivity index is 1.82. The highest BCUT2D eigenvalue weighted by Crippen LogP contribution is 2.76. The van der Waals surface area contributed by atoms with Gasteiger partial charge in [0.2, 0.25) is 0 Å². The number of hydrogen-bond acceptors (Lipinski definition) is 3. The number of rotatable bonds is 6. The van der Waals surface area contributed by atoms with Crippen LogP contribution in [0.15, 0.2) is 12.2 Å². The van der Waals surface area contributed by atoms with Crippen LogP contribution in [-0.4, -0.2) is 33.2 Å². The Hall–Kier alpha value is -1.85. The van der Waals surface area contributed by atoms with Gasteiger partial charge in [0.25, 0.3) is 0 Å². The number of allylic oxidation sites excluding steroid dienone is 1. The summed E-state index contributed by atoms with van der Waals surface area (Å²) in [5.74, 6) is -2.06. The normalized spacial score (nSPS) is 46.2. The molecule has 4 fully saturated rings. The third-order valence-electron chi connectivity index (χ3n) is 12.7. The van der Waals surface area contributed by atoms with E-state index in [0.717, 1.165) is 37.7 Å². The second-order valence-corrected chi connectivity index (χ2v) is 14.2. The van der Waals surface area contributed by atoms with E-state index in [2.05, 4.69) is 20.4 Å². The van der Waals surface area contributed by atoms with E-state index in [1.807, 2.05) is 13.8 Å². The maximum absolute atomic E-state index is 12.8. The molecule has 0 aromatic heterocycles. The lowest BCUT2D eigenvalue weighted by atomic mass is 9.33. The van der Waals surface area contributed by atoms with Crippen LogP contribution >= 0.6 is 0 Å². The summed E-state index contributed by atoms with van der Waals surface area (Å²) in [4.78, 5) is 37.3. The van der Waals surface area contributed by atoms with Gasteiger partial charge >= 0.3 is 17.9 Å². The molecule has 0 saturated heterocycles. The maximum Gasteiger partial charge on any atom is 0.309 e. The molecule has 6 nitrogen and oxygen atoms in total. The first-order valence-corrected chi connectivity index (χ1v) is 13.8. The van der Waals surface area contributed by atoms with Crippen molar-refractivity contribution in [1.82, 2.24) is 0 Å². The average molecular weight is 503 g/mol. The van der Waals surface area contributed by atoms with Crippen LogP contribution in [0.5, 0.6) is 0 Å². The molecule has 36 heavy (non-hydrogen) atoms. The highest BCUT2D eigenvalue weighted by Gasteiger charge is 2.71. The molecule has 202 valence electrons. The zero-order chi connectivity index (χ0) is 27.1. The van der Waals surface area contributed by atoms with Gasteiger partial charge in [-0.15, -0.1) is 0 Å². The topological polar surface area (TPSA) is 112 Å². The lowest BCUT2D eigenvalue weighted by molar-refractivity contribution is -0.233. The van der Waals surface area contributed by atoms with Gasteiger partial charge in [-0.05, 0) is 118 Å². The van der Waals surface area contributed by atoms with Gasteiger partial charge < -0.3 is 15.3 Å². The first-order chi connectivity index (χ1) is 16.5. The van der Waals surface area contributed by atoms with E-state index in [0.29, 0.717) is 19.3 Å². The summed E-state index contributed by atoms with van der Waals surface area (Å²) >= 11 is 0. The van der Waals surface area contributed by atoms with Crippen molar-refractivity contribution in [2.24, 2.45) is 56.7 Å². The molecule has 0 aromatic carbocycles. The molecule has 0 bridgehead atoms. The molecular weight excluding hydrogens is 456 g/mol. The number of carbonyl (C=O) groups is 3. The largest absolute Gasteiger partial charge is 0.481 e. The van der Waals surface area contributed by atoms with Crippen LogP contribution in [-0.2, 0) is 14.4 Å². The summed E-state index contributed by atoms with van der Waals surface area (Å²) in [6.45, 7) is 16.6. The minimum atomic E-state index is -1.02. The number of carboxylic acid groups (broad SMARTS) is 3. The lowest BCUT2D eigenvalue weighted by Gasteiger charge is -2.71. The minimum absolute atomic E-state index is 0.0355. The van der Waals surface area contributed by atoms with Crippen molar-refractivity contribution >= 4 is 17.9 Å². The Morgan fingerprint density at radius 1 is 0.889 bits per heavy atom. The van der Waals surface area contributed by atoms with Gasteiger partial charge in [-0.25, -0.2) is 0 Å². The zero-order valence-corrected chi connectivity index (χ0v) is 23.0. The number of carboxylic acids is 3. The fourth-order valence-corrected chi connectivity index (χ4v) is 10.8. The summed E-state index contributed by atoms with van der Waals surface area (Å²) in [6, 6.07) is 0. The molecular formula is C30H46O6. The predicted molar refractivity (Wildman–Crippen MR) is 137 cm³/mol. The van der Waals surface area contributed by atoms with Crippen LogP contribution in [0.1, 0.15) is 99.3 Å². The molecule has 0 unspecified atom stereocenters. The first-order valence-electron chi connectivity index (χ1n) is 13.8. The molecule has 9 atom stereocenters. The molecule has 0 amide bonds. The van der Waals surface area contributed by atoms with Crippen molar-refractivity contribution in [3.05, 3.63) is 12.2 Å². The third kappa shape index (κ3) is 3.37. The van der Waals surface area contributed by atoms with E-state index >= 15 is 0 Å². The molecule has 4 aliphatic rings. The van der Waals surface area contributed by atoms with Gasteiger partial charge in [-0.2, -0.15) is 0 Å². The van der Waals surface area contributed by atoms with Crippen molar-refractivity contribution in [2.45, 2.75) is 99.3 Å². The highest BCUT2D eigenvalue weighted by molar-refractivity contribution is 5.76. The second kappa shape index (κ2) is 8.33. The van der Waals surface area contributed by atoms with E-state index < -0.39 is 34.2 Å². The van der Waals surface area contributed by atoms with Gasteiger partial charge in [0.15, 0.2) is 0 Å². The second-order valence-electron chi connectivity index (χ2n) is 14.2. The summed E-state index contributed by atoms with van der Waals surface area (Å²) in [5, 5.41) is 30.6. The first kappa shape index (κ1) is 27.2. The fraction of sp³-hybridized carbons (Fsp3) is 0.833. The standard InChI is InChI=1S/C30H46O6/c1-17(2)18-10-13-30(25(35)36)15-14-28(6)19(23(18)30)8-9-21-27(5,16-22(31)32)20(11-12-29(21,28)7)26(3,4)24(33)34/h18-21,23H,1,8-16H2,2-7H3,(H,31,32)(H,33,34)(H,35,36)/t18-,19+,20-,21+,23+,27-,28+,29+,30-/m0/s1. The van der Waals surface area contributed by atoms with Crippen molar-refractivity contribution in [3.63, 3.8) is 0 Å². The van der Waals surface area contributed by atoms with Crippen LogP contribution in [0.25, 0.3) is 0 Å². The SMILES string of the molecule is C=C(C)[C@@H]1CC[C@]2(C(=O)O)CC[C@]3(C)[C@H](CC[C@@H]4[C@@](C)(CC(=O)O)[C@H](C(C)(C)C(=O)O)CC[C@]43C)[C@@H]12. The smallest absolute Gasteiger partial charge is 0.309 e. The van der Waals surface area contributed by atoms with Gasteiger partial charge in [0.05, 0.1) is 17.3 Å². The van der Waals surface area contributed by atoms with Crippen LogP contribution in [0.2, 0.25) is 0 Å². The molecule has 4 saturated carbocycles. The van der Waals surface area contributed by atoms with Crippen LogP contribution in [0, 0.1) is 56.7 Å². The summed E-state index contributed by atoms with van der Waals surface area (Å²) in [5.41, 5.74) is -1.59. The van der Waals surface area contributed by atoms with Crippen LogP contribution < -0.4 is 0 Å². The quantitative estimate of drug-likeness (QED) is 0.358. The average Bonchev–Trinajstić information content (AvgIpc) is 3.15.